The van der Waals surface area contributed by atoms with E-state index >= 15 is 0 Å². The first-order valence-electron chi connectivity index (χ1n) is 4.54. The quantitative estimate of drug-likeness (QED) is 0.745. The zero-order valence-corrected chi connectivity index (χ0v) is 8.66. The lowest BCUT2D eigenvalue weighted by molar-refractivity contribution is 0.114. The largest absolute Gasteiger partial charge is 0.485 e. The van der Waals surface area contributed by atoms with Crippen LogP contribution in [0, 0.1) is 0 Å². The lowest BCUT2D eigenvalue weighted by Gasteiger charge is -2.25. The summed E-state index contributed by atoms with van der Waals surface area (Å²) in [6, 6.07) is 1.76. The summed E-state index contributed by atoms with van der Waals surface area (Å²) in [6.07, 6.45) is 5.85. The van der Waals surface area contributed by atoms with Crippen molar-refractivity contribution in [3.8, 4) is 5.75 Å². The number of rotatable bonds is 4. The fraction of sp³-hybridized carbons (Fsp3) is 0.364. The van der Waals surface area contributed by atoms with Crippen molar-refractivity contribution in [1.29, 1.82) is 0 Å². The number of anilines is 1. The minimum absolute atomic E-state index is 0.281. The van der Waals surface area contributed by atoms with Crippen LogP contribution in [0.25, 0.3) is 0 Å². The molecule has 0 aliphatic rings. The summed E-state index contributed by atoms with van der Waals surface area (Å²) >= 11 is 0. The molecule has 0 amide bonds. The molecule has 0 fully saturated rings. The summed E-state index contributed by atoms with van der Waals surface area (Å²) in [7, 11) is 0. The van der Waals surface area contributed by atoms with Crippen molar-refractivity contribution in [2.24, 2.45) is 0 Å². The zero-order valence-electron chi connectivity index (χ0n) is 8.66. The van der Waals surface area contributed by atoms with Crippen LogP contribution in [0.3, 0.4) is 0 Å². The number of hydrogen-bond donors (Lipinski definition) is 1. The van der Waals surface area contributed by atoms with Gasteiger partial charge in [0.2, 0.25) is 0 Å². The van der Waals surface area contributed by atoms with Crippen molar-refractivity contribution in [3.05, 3.63) is 31.1 Å². The monoisotopic (exact) mass is 192 g/mol. The Balaban J connectivity index is 2.78. The number of nitrogen functional groups attached to an aromatic ring is 1. The van der Waals surface area contributed by atoms with Gasteiger partial charge in [0.1, 0.15) is 11.4 Å². The van der Waals surface area contributed by atoms with Gasteiger partial charge in [-0.1, -0.05) is 6.08 Å². The van der Waals surface area contributed by atoms with Crippen molar-refractivity contribution < 1.29 is 4.74 Å². The standard InChI is InChI=1S/C11H16N2O/c1-4-6-11(2,3)14-10-5-7-13-8-9(10)12/h4-5,7-8H,1,6,12H2,2-3H3. The number of hydrogen-bond acceptors (Lipinski definition) is 3. The minimum Gasteiger partial charge on any atom is -0.485 e. The number of nitrogens with zero attached hydrogens (tertiary/aromatic N) is 1. The summed E-state index contributed by atoms with van der Waals surface area (Å²) < 4.78 is 5.74. The van der Waals surface area contributed by atoms with Gasteiger partial charge in [-0.05, 0) is 13.8 Å². The van der Waals surface area contributed by atoms with Crippen LogP contribution in [0.2, 0.25) is 0 Å². The van der Waals surface area contributed by atoms with Crippen molar-refractivity contribution in [2.75, 3.05) is 5.73 Å². The van der Waals surface area contributed by atoms with Crippen LogP contribution in [0.15, 0.2) is 31.1 Å². The van der Waals surface area contributed by atoms with Crippen molar-refractivity contribution >= 4 is 5.69 Å². The second kappa shape index (κ2) is 4.13. The summed E-state index contributed by atoms with van der Waals surface area (Å²) in [4.78, 5) is 3.90. The van der Waals surface area contributed by atoms with Gasteiger partial charge in [0.25, 0.3) is 0 Å². The maximum atomic E-state index is 5.74. The molecule has 1 aromatic rings. The molecule has 0 aliphatic carbocycles. The molecule has 0 aromatic carbocycles. The Kier molecular flexibility index (Phi) is 3.12. The van der Waals surface area contributed by atoms with Gasteiger partial charge in [0.05, 0.1) is 11.9 Å². The Hall–Kier alpha value is -1.51. The summed E-state index contributed by atoms with van der Waals surface area (Å²) in [6.45, 7) is 7.68. The van der Waals surface area contributed by atoms with E-state index in [1.165, 1.54) is 0 Å². The fourth-order valence-corrected chi connectivity index (χ4v) is 1.17. The van der Waals surface area contributed by atoms with E-state index in [0.717, 1.165) is 6.42 Å². The Morgan fingerprint density at radius 3 is 2.93 bits per heavy atom. The van der Waals surface area contributed by atoms with Crippen LogP contribution in [0.5, 0.6) is 5.75 Å². The van der Waals surface area contributed by atoms with Crippen molar-refractivity contribution in [2.45, 2.75) is 25.9 Å². The third kappa shape index (κ3) is 2.76. The third-order valence-corrected chi connectivity index (χ3v) is 1.83. The summed E-state index contributed by atoms with van der Waals surface area (Å²) in [5.74, 6) is 0.673. The molecular weight excluding hydrogens is 176 g/mol. The average Bonchev–Trinajstić information content (AvgIpc) is 2.08. The van der Waals surface area contributed by atoms with Gasteiger partial charge >= 0.3 is 0 Å². The van der Waals surface area contributed by atoms with Crippen molar-refractivity contribution in [1.82, 2.24) is 4.98 Å². The summed E-state index contributed by atoms with van der Waals surface area (Å²) in [5, 5.41) is 0. The first kappa shape index (κ1) is 10.6. The predicted molar refractivity (Wildman–Crippen MR) is 58.2 cm³/mol. The van der Waals surface area contributed by atoms with Crippen LogP contribution < -0.4 is 10.5 Å². The molecule has 3 heteroatoms. The number of pyridine rings is 1. The molecule has 0 saturated carbocycles. The van der Waals surface area contributed by atoms with Gasteiger partial charge in [0.15, 0.2) is 0 Å². The molecule has 1 aromatic heterocycles. The molecule has 14 heavy (non-hydrogen) atoms. The fourth-order valence-electron chi connectivity index (χ4n) is 1.17. The van der Waals surface area contributed by atoms with Crippen LogP contribution in [-0.4, -0.2) is 10.6 Å². The van der Waals surface area contributed by atoms with Gasteiger partial charge < -0.3 is 10.5 Å². The van der Waals surface area contributed by atoms with Gasteiger partial charge in [-0.3, -0.25) is 4.98 Å². The highest BCUT2D eigenvalue weighted by molar-refractivity contribution is 5.49. The molecule has 0 bridgehead atoms. The van der Waals surface area contributed by atoms with Gasteiger partial charge in [-0.15, -0.1) is 6.58 Å². The molecule has 0 radical (unpaired) electrons. The van der Waals surface area contributed by atoms with Gasteiger partial charge in [-0.25, -0.2) is 0 Å². The van der Waals surface area contributed by atoms with E-state index < -0.39 is 0 Å². The van der Waals surface area contributed by atoms with Gasteiger partial charge in [-0.2, -0.15) is 0 Å². The molecular formula is C11H16N2O. The average molecular weight is 192 g/mol. The molecule has 1 heterocycles. The Labute approximate surface area is 84.6 Å². The minimum atomic E-state index is -0.281. The number of nitrogens with two attached hydrogens (primary N) is 1. The molecule has 1 rings (SSSR count). The molecule has 0 unspecified atom stereocenters. The Morgan fingerprint density at radius 1 is 1.64 bits per heavy atom. The van der Waals surface area contributed by atoms with E-state index in [1.807, 2.05) is 19.9 Å². The highest BCUT2D eigenvalue weighted by Gasteiger charge is 2.18. The molecule has 0 atom stereocenters. The van der Waals surface area contributed by atoms with Gasteiger partial charge in [0, 0.05) is 18.7 Å². The second-order valence-electron chi connectivity index (χ2n) is 3.77. The van der Waals surface area contributed by atoms with E-state index in [0.29, 0.717) is 11.4 Å². The van der Waals surface area contributed by atoms with Crippen LogP contribution in [-0.2, 0) is 0 Å². The van der Waals surface area contributed by atoms with Crippen LogP contribution in [0.1, 0.15) is 20.3 Å². The SMILES string of the molecule is C=CCC(C)(C)Oc1ccncc1N. The van der Waals surface area contributed by atoms with E-state index in [1.54, 1.807) is 18.5 Å². The lowest BCUT2D eigenvalue weighted by atomic mass is 10.1. The molecule has 0 aliphatic heterocycles. The zero-order chi connectivity index (χ0) is 10.6. The van der Waals surface area contributed by atoms with Crippen LogP contribution in [0.4, 0.5) is 5.69 Å². The van der Waals surface area contributed by atoms with E-state index in [-0.39, 0.29) is 5.60 Å². The first-order valence-corrected chi connectivity index (χ1v) is 4.54. The molecule has 3 nitrogen and oxygen atoms in total. The number of ether oxygens (including phenoxy) is 1. The molecule has 76 valence electrons. The third-order valence-electron chi connectivity index (χ3n) is 1.83. The number of aromatic nitrogens is 1. The van der Waals surface area contributed by atoms with E-state index in [9.17, 15) is 0 Å². The lowest BCUT2D eigenvalue weighted by Crippen LogP contribution is -2.27. The Bertz CT molecular complexity index is 321. The first-order chi connectivity index (χ1) is 6.55. The molecule has 2 N–H and O–H groups in total. The van der Waals surface area contributed by atoms with E-state index in [2.05, 4.69) is 11.6 Å². The summed E-state index contributed by atoms with van der Waals surface area (Å²) in [5.41, 5.74) is 5.99. The smallest absolute Gasteiger partial charge is 0.146 e. The maximum Gasteiger partial charge on any atom is 0.146 e. The van der Waals surface area contributed by atoms with Crippen LogP contribution >= 0.6 is 0 Å². The molecule has 0 spiro atoms. The second-order valence-corrected chi connectivity index (χ2v) is 3.77. The van der Waals surface area contributed by atoms with E-state index in [4.69, 9.17) is 10.5 Å². The highest BCUT2D eigenvalue weighted by atomic mass is 16.5. The van der Waals surface area contributed by atoms with Crippen molar-refractivity contribution in [3.63, 3.8) is 0 Å². The topological polar surface area (TPSA) is 48.1 Å². The molecule has 0 saturated heterocycles. The Morgan fingerprint density at radius 2 is 2.36 bits per heavy atom. The highest BCUT2D eigenvalue weighted by Crippen LogP contribution is 2.25. The maximum absolute atomic E-state index is 5.74. The normalized spacial score (nSPS) is 11.0. The predicted octanol–water partition coefficient (Wildman–Crippen LogP) is 2.40.